The van der Waals surface area contributed by atoms with Crippen LogP contribution in [0.5, 0.6) is 0 Å². The second-order valence-corrected chi connectivity index (χ2v) is 7.74. The summed E-state index contributed by atoms with van der Waals surface area (Å²) in [4.78, 5) is 24.1. The molecule has 0 fully saturated rings. The number of terminal acetylenes is 1. The lowest BCUT2D eigenvalue weighted by Crippen LogP contribution is -2.41. The Morgan fingerprint density at radius 1 is 1.00 bits per heavy atom. The fourth-order valence-electron chi connectivity index (χ4n) is 4.17. The summed E-state index contributed by atoms with van der Waals surface area (Å²) in [6, 6.07) is 22.4. The minimum Gasteiger partial charge on any atom is -0.480 e. The zero-order chi connectivity index (χ0) is 22.5. The third-order valence-corrected chi connectivity index (χ3v) is 5.75. The molecular weight excluding hydrogens is 402 g/mol. The van der Waals surface area contributed by atoms with Gasteiger partial charge in [0.15, 0.2) is 0 Å². The number of hydrogen-bond acceptors (Lipinski definition) is 3. The Morgan fingerprint density at radius 3 is 2.28 bits per heavy atom. The van der Waals surface area contributed by atoms with Gasteiger partial charge in [-0.2, -0.15) is 0 Å². The molecule has 0 heterocycles. The van der Waals surface area contributed by atoms with Gasteiger partial charge in [-0.05, 0) is 52.8 Å². The van der Waals surface area contributed by atoms with Gasteiger partial charge in [-0.25, -0.2) is 9.59 Å². The van der Waals surface area contributed by atoms with E-state index in [2.05, 4.69) is 23.4 Å². The standard InChI is InChI=1S/C27H23NO4/c1-2-18-8-7-9-19(16-18)14-15-25(26(29)30)28-27(31)32-17-24-22-12-5-3-10-20(22)21-11-4-6-13-23(21)24/h1,3-13,16,24-25H,14-15,17H2,(H,28,31)(H,29,30)/t25-/m0/s1. The first-order chi connectivity index (χ1) is 15.6. The molecule has 2 N–H and O–H groups in total. The second-order valence-electron chi connectivity index (χ2n) is 7.74. The molecule has 0 bridgehead atoms. The van der Waals surface area contributed by atoms with Crippen LogP contribution in [-0.2, 0) is 16.0 Å². The van der Waals surface area contributed by atoms with Gasteiger partial charge in [0.05, 0.1) is 0 Å². The summed E-state index contributed by atoms with van der Waals surface area (Å²) in [7, 11) is 0. The number of amides is 1. The number of aliphatic carboxylic acids is 1. The van der Waals surface area contributed by atoms with Gasteiger partial charge in [0.25, 0.3) is 0 Å². The maximum atomic E-state index is 12.4. The van der Waals surface area contributed by atoms with Crippen molar-refractivity contribution in [1.29, 1.82) is 0 Å². The highest BCUT2D eigenvalue weighted by molar-refractivity contribution is 5.81. The van der Waals surface area contributed by atoms with Crippen LogP contribution in [0.1, 0.15) is 34.6 Å². The number of carbonyl (C=O) groups is 2. The minimum atomic E-state index is -1.10. The fraction of sp³-hybridized carbons (Fsp3) is 0.185. The molecule has 1 aliphatic rings. The highest BCUT2D eigenvalue weighted by atomic mass is 16.5. The summed E-state index contributed by atoms with van der Waals surface area (Å²) in [5.74, 6) is 1.38. The molecule has 5 nitrogen and oxygen atoms in total. The predicted molar refractivity (Wildman–Crippen MR) is 122 cm³/mol. The molecule has 0 aromatic heterocycles. The van der Waals surface area contributed by atoms with E-state index in [-0.39, 0.29) is 18.9 Å². The summed E-state index contributed by atoms with van der Waals surface area (Å²) in [6.45, 7) is 0.135. The third-order valence-electron chi connectivity index (χ3n) is 5.75. The number of carboxylic acids is 1. The van der Waals surface area contributed by atoms with Gasteiger partial charge in [0.1, 0.15) is 12.6 Å². The zero-order valence-corrected chi connectivity index (χ0v) is 17.5. The van der Waals surface area contributed by atoms with E-state index in [9.17, 15) is 14.7 Å². The van der Waals surface area contributed by atoms with Gasteiger partial charge in [-0.1, -0.05) is 66.6 Å². The Labute approximate surface area is 187 Å². The van der Waals surface area contributed by atoms with Crippen molar-refractivity contribution in [3.8, 4) is 23.5 Å². The van der Waals surface area contributed by atoms with Crippen LogP contribution in [0.3, 0.4) is 0 Å². The van der Waals surface area contributed by atoms with Crippen molar-refractivity contribution in [3.63, 3.8) is 0 Å². The number of benzene rings is 3. The molecule has 0 radical (unpaired) electrons. The first kappa shape index (κ1) is 21.2. The Hall–Kier alpha value is -4.04. The maximum absolute atomic E-state index is 12.4. The summed E-state index contributed by atoms with van der Waals surface area (Å²) in [5.41, 5.74) is 6.12. The van der Waals surface area contributed by atoms with Crippen LogP contribution in [0.25, 0.3) is 11.1 Å². The van der Waals surface area contributed by atoms with Crippen molar-refractivity contribution in [2.75, 3.05) is 6.61 Å². The lowest BCUT2D eigenvalue weighted by molar-refractivity contribution is -0.139. The highest BCUT2D eigenvalue weighted by Gasteiger charge is 2.29. The largest absolute Gasteiger partial charge is 0.480 e. The smallest absolute Gasteiger partial charge is 0.407 e. The Morgan fingerprint density at radius 2 is 1.66 bits per heavy atom. The van der Waals surface area contributed by atoms with Crippen molar-refractivity contribution in [3.05, 3.63) is 95.1 Å². The molecule has 3 aromatic rings. The quantitative estimate of drug-likeness (QED) is 0.543. The molecule has 160 valence electrons. The van der Waals surface area contributed by atoms with Crippen LogP contribution < -0.4 is 5.32 Å². The monoisotopic (exact) mass is 425 g/mol. The summed E-state index contributed by atoms with van der Waals surface area (Å²) in [5, 5.41) is 12.0. The molecule has 4 rings (SSSR count). The predicted octanol–water partition coefficient (Wildman–Crippen LogP) is 4.59. The molecule has 1 aliphatic carbocycles. The van der Waals surface area contributed by atoms with E-state index >= 15 is 0 Å². The number of rotatable bonds is 7. The highest BCUT2D eigenvalue weighted by Crippen LogP contribution is 2.44. The van der Waals surface area contributed by atoms with E-state index in [1.54, 1.807) is 0 Å². The molecule has 0 saturated carbocycles. The van der Waals surface area contributed by atoms with Crippen LogP contribution >= 0.6 is 0 Å². The van der Waals surface area contributed by atoms with Crippen LogP contribution in [0, 0.1) is 12.3 Å². The van der Waals surface area contributed by atoms with Gasteiger partial charge in [-0.15, -0.1) is 6.42 Å². The SMILES string of the molecule is C#Cc1cccc(CC[C@H](NC(=O)OCC2c3ccccc3-c3ccccc32)C(=O)O)c1. The first-order valence-electron chi connectivity index (χ1n) is 10.5. The van der Waals surface area contributed by atoms with Crippen LogP contribution in [0.2, 0.25) is 0 Å². The number of carbonyl (C=O) groups excluding carboxylic acids is 1. The lowest BCUT2D eigenvalue weighted by atomic mass is 9.98. The van der Waals surface area contributed by atoms with E-state index in [4.69, 9.17) is 11.2 Å². The van der Waals surface area contributed by atoms with Gasteiger partial charge >= 0.3 is 12.1 Å². The van der Waals surface area contributed by atoms with Crippen molar-refractivity contribution in [1.82, 2.24) is 5.32 Å². The van der Waals surface area contributed by atoms with Crippen molar-refractivity contribution in [2.24, 2.45) is 0 Å². The van der Waals surface area contributed by atoms with Crippen molar-refractivity contribution in [2.45, 2.75) is 24.8 Å². The van der Waals surface area contributed by atoms with Crippen LogP contribution in [0.15, 0.2) is 72.8 Å². The van der Waals surface area contributed by atoms with Gasteiger partial charge in [-0.3, -0.25) is 0 Å². The van der Waals surface area contributed by atoms with Crippen LogP contribution in [0.4, 0.5) is 4.79 Å². The normalized spacial score (nSPS) is 12.8. The van der Waals surface area contributed by atoms with E-state index in [1.807, 2.05) is 60.7 Å². The number of ether oxygens (including phenoxy) is 1. The topological polar surface area (TPSA) is 75.6 Å². The maximum Gasteiger partial charge on any atom is 0.407 e. The Kier molecular flexibility index (Phi) is 6.23. The minimum absolute atomic E-state index is 0.0806. The number of carboxylic acid groups (broad SMARTS) is 1. The number of hydrogen-bond donors (Lipinski definition) is 2. The summed E-state index contributed by atoms with van der Waals surface area (Å²) in [6.07, 6.45) is 5.37. The number of aryl methyl sites for hydroxylation is 1. The molecule has 0 aliphatic heterocycles. The molecule has 0 spiro atoms. The number of nitrogens with one attached hydrogen (secondary N) is 1. The van der Waals surface area contributed by atoms with E-state index in [0.717, 1.165) is 33.4 Å². The van der Waals surface area contributed by atoms with Crippen molar-refractivity contribution < 1.29 is 19.4 Å². The van der Waals surface area contributed by atoms with E-state index in [0.29, 0.717) is 6.42 Å². The molecule has 32 heavy (non-hydrogen) atoms. The fourth-order valence-corrected chi connectivity index (χ4v) is 4.17. The van der Waals surface area contributed by atoms with E-state index in [1.165, 1.54) is 0 Å². The number of fused-ring (bicyclic) bond motifs is 3. The first-order valence-corrected chi connectivity index (χ1v) is 10.5. The average Bonchev–Trinajstić information content (AvgIpc) is 3.14. The molecule has 1 amide bonds. The average molecular weight is 425 g/mol. The van der Waals surface area contributed by atoms with Crippen LogP contribution in [-0.4, -0.2) is 29.8 Å². The molecule has 5 heteroatoms. The van der Waals surface area contributed by atoms with E-state index < -0.39 is 18.1 Å². The van der Waals surface area contributed by atoms with Crippen molar-refractivity contribution >= 4 is 12.1 Å². The summed E-state index contributed by atoms with van der Waals surface area (Å²) < 4.78 is 5.47. The molecule has 0 unspecified atom stereocenters. The molecule has 3 aromatic carbocycles. The third kappa shape index (κ3) is 4.50. The van der Waals surface area contributed by atoms with Gasteiger partial charge in [0, 0.05) is 11.5 Å². The summed E-state index contributed by atoms with van der Waals surface area (Å²) >= 11 is 0. The lowest BCUT2D eigenvalue weighted by Gasteiger charge is -2.17. The molecule has 1 atom stereocenters. The molecular formula is C27H23NO4. The molecule has 0 saturated heterocycles. The van der Waals surface area contributed by atoms with Gasteiger partial charge in [0.2, 0.25) is 0 Å². The number of alkyl carbamates (subject to hydrolysis) is 1. The zero-order valence-electron chi connectivity index (χ0n) is 17.5. The second kappa shape index (κ2) is 9.40. The van der Waals surface area contributed by atoms with Gasteiger partial charge < -0.3 is 15.2 Å². The Balaban J connectivity index is 1.38. The Bertz CT molecular complexity index is 1150.